The van der Waals surface area contributed by atoms with Gasteiger partial charge in [0.1, 0.15) is 5.75 Å². The molecule has 0 bridgehead atoms. The molecule has 2 aromatic carbocycles. The van der Waals surface area contributed by atoms with Crippen LogP contribution in [0.4, 0.5) is 10.3 Å². The van der Waals surface area contributed by atoms with Crippen molar-refractivity contribution < 1.29 is 9.53 Å². The van der Waals surface area contributed by atoms with Gasteiger partial charge in [-0.15, -0.1) is 0 Å². The zero-order valence-electron chi connectivity index (χ0n) is 15.4. The SMILES string of the molecule is COc1ccc2nc(N3CC(C(=O)Nc4nc5ccc(C)cc5s4)C3)sc2c1. The monoisotopic (exact) mass is 410 g/mol. The molecule has 1 saturated heterocycles. The lowest BCUT2D eigenvalue weighted by molar-refractivity contribution is -0.120. The minimum absolute atomic E-state index is 0.0230. The first-order valence-corrected chi connectivity index (χ1v) is 10.6. The van der Waals surface area contributed by atoms with Gasteiger partial charge in [0.05, 0.1) is 33.5 Å². The number of amides is 1. The Morgan fingerprint density at radius 1 is 1.11 bits per heavy atom. The van der Waals surface area contributed by atoms with E-state index in [0.717, 1.165) is 31.3 Å². The molecule has 0 atom stereocenters. The minimum Gasteiger partial charge on any atom is -0.497 e. The van der Waals surface area contributed by atoms with Crippen LogP contribution >= 0.6 is 22.7 Å². The molecule has 142 valence electrons. The van der Waals surface area contributed by atoms with Gasteiger partial charge in [0.15, 0.2) is 10.3 Å². The summed E-state index contributed by atoms with van der Waals surface area (Å²) in [6.45, 7) is 3.40. The molecule has 4 aromatic rings. The molecule has 2 aromatic heterocycles. The molecular formula is C20H18N4O2S2. The maximum absolute atomic E-state index is 12.6. The summed E-state index contributed by atoms with van der Waals surface area (Å²) < 4.78 is 7.46. The van der Waals surface area contributed by atoms with Gasteiger partial charge in [-0.05, 0) is 42.8 Å². The number of methoxy groups -OCH3 is 1. The average Bonchev–Trinajstić information content (AvgIpc) is 3.22. The summed E-state index contributed by atoms with van der Waals surface area (Å²) >= 11 is 3.14. The first kappa shape index (κ1) is 17.4. The molecule has 0 radical (unpaired) electrons. The fraction of sp³-hybridized carbons (Fsp3) is 0.250. The highest BCUT2D eigenvalue weighted by atomic mass is 32.1. The summed E-state index contributed by atoms with van der Waals surface area (Å²) in [6, 6.07) is 12.0. The molecule has 0 aliphatic carbocycles. The number of carbonyl (C=O) groups is 1. The van der Waals surface area contributed by atoms with E-state index in [1.807, 2.05) is 30.3 Å². The van der Waals surface area contributed by atoms with Crippen LogP contribution in [0.5, 0.6) is 5.75 Å². The molecule has 0 unspecified atom stereocenters. The van der Waals surface area contributed by atoms with E-state index < -0.39 is 0 Å². The normalized spacial score (nSPS) is 14.4. The third-order valence-electron chi connectivity index (χ3n) is 4.88. The molecule has 1 aliphatic heterocycles. The van der Waals surface area contributed by atoms with E-state index in [0.29, 0.717) is 18.2 Å². The lowest BCUT2D eigenvalue weighted by Gasteiger charge is -2.37. The van der Waals surface area contributed by atoms with Crippen molar-refractivity contribution >= 4 is 59.3 Å². The standard InChI is InChI=1S/C20H18N4O2S2/c1-11-3-5-14-16(7-11)27-19(21-14)23-18(25)12-9-24(10-12)20-22-15-6-4-13(26-2)8-17(15)28-20/h3-8,12H,9-10H2,1-2H3,(H,21,23,25). The van der Waals surface area contributed by atoms with Crippen molar-refractivity contribution in [3.8, 4) is 5.75 Å². The number of hydrogen-bond donors (Lipinski definition) is 1. The van der Waals surface area contributed by atoms with E-state index >= 15 is 0 Å². The molecule has 3 heterocycles. The zero-order chi connectivity index (χ0) is 19.3. The van der Waals surface area contributed by atoms with Crippen LogP contribution in [0.15, 0.2) is 36.4 Å². The molecule has 5 rings (SSSR count). The third-order valence-corrected chi connectivity index (χ3v) is 6.89. The Bertz CT molecular complexity index is 1190. The van der Waals surface area contributed by atoms with Gasteiger partial charge in [-0.1, -0.05) is 28.7 Å². The van der Waals surface area contributed by atoms with Crippen molar-refractivity contribution in [2.75, 3.05) is 30.4 Å². The number of nitrogens with zero attached hydrogens (tertiary/aromatic N) is 3. The Kier molecular flexibility index (Phi) is 4.17. The van der Waals surface area contributed by atoms with Gasteiger partial charge in [-0.2, -0.15) is 0 Å². The maximum atomic E-state index is 12.6. The highest BCUT2D eigenvalue weighted by Gasteiger charge is 2.34. The fourth-order valence-corrected chi connectivity index (χ4v) is 5.23. The Balaban J connectivity index is 1.25. The highest BCUT2D eigenvalue weighted by Crippen LogP contribution is 2.35. The van der Waals surface area contributed by atoms with Crippen molar-refractivity contribution in [3.05, 3.63) is 42.0 Å². The smallest absolute Gasteiger partial charge is 0.232 e. The van der Waals surface area contributed by atoms with Crippen LogP contribution in [0.1, 0.15) is 5.56 Å². The van der Waals surface area contributed by atoms with Crippen LogP contribution in [-0.2, 0) is 4.79 Å². The number of anilines is 2. The number of carbonyl (C=O) groups excluding carboxylic acids is 1. The van der Waals surface area contributed by atoms with Crippen molar-refractivity contribution in [3.63, 3.8) is 0 Å². The van der Waals surface area contributed by atoms with Crippen LogP contribution in [0.3, 0.4) is 0 Å². The lowest BCUT2D eigenvalue weighted by atomic mass is 10.0. The summed E-state index contributed by atoms with van der Waals surface area (Å²) in [6.07, 6.45) is 0. The Morgan fingerprint density at radius 3 is 2.68 bits per heavy atom. The molecule has 1 fully saturated rings. The van der Waals surface area contributed by atoms with Gasteiger partial charge in [0.2, 0.25) is 5.91 Å². The lowest BCUT2D eigenvalue weighted by Crippen LogP contribution is -2.52. The second kappa shape index (κ2) is 6.72. The Morgan fingerprint density at radius 2 is 1.86 bits per heavy atom. The first-order valence-electron chi connectivity index (χ1n) is 8.96. The van der Waals surface area contributed by atoms with Crippen LogP contribution in [-0.4, -0.2) is 36.1 Å². The van der Waals surface area contributed by atoms with Crippen LogP contribution in [0.2, 0.25) is 0 Å². The van der Waals surface area contributed by atoms with Gasteiger partial charge < -0.3 is 15.0 Å². The summed E-state index contributed by atoms with van der Waals surface area (Å²) in [7, 11) is 1.66. The van der Waals surface area contributed by atoms with Gasteiger partial charge in [0, 0.05) is 13.1 Å². The molecule has 28 heavy (non-hydrogen) atoms. The second-order valence-corrected chi connectivity index (χ2v) is 8.95. The van der Waals surface area contributed by atoms with Crippen LogP contribution < -0.4 is 15.0 Å². The van der Waals surface area contributed by atoms with Crippen molar-refractivity contribution in [2.24, 2.45) is 5.92 Å². The number of thiazole rings is 2. The second-order valence-electron chi connectivity index (χ2n) is 6.91. The van der Waals surface area contributed by atoms with Crippen LogP contribution in [0, 0.1) is 12.8 Å². The van der Waals surface area contributed by atoms with E-state index in [4.69, 9.17) is 4.74 Å². The largest absolute Gasteiger partial charge is 0.497 e. The summed E-state index contributed by atoms with van der Waals surface area (Å²) in [5.41, 5.74) is 3.07. The van der Waals surface area contributed by atoms with Crippen molar-refractivity contribution in [1.29, 1.82) is 0 Å². The van der Waals surface area contributed by atoms with Crippen molar-refractivity contribution in [2.45, 2.75) is 6.92 Å². The Labute approximate surface area is 169 Å². The summed E-state index contributed by atoms with van der Waals surface area (Å²) in [5, 5.41) is 4.58. The number of aryl methyl sites for hydroxylation is 1. The van der Waals surface area contributed by atoms with Gasteiger partial charge in [-0.3, -0.25) is 4.79 Å². The van der Waals surface area contributed by atoms with Gasteiger partial charge in [-0.25, -0.2) is 9.97 Å². The van der Waals surface area contributed by atoms with Gasteiger partial charge >= 0.3 is 0 Å². The predicted octanol–water partition coefficient (Wildman–Crippen LogP) is 4.30. The van der Waals surface area contributed by atoms with Crippen molar-refractivity contribution in [1.82, 2.24) is 9.97 Å². The van der Waals surface area contributed by atoms with E-state index in [9.17, 15) is 4.79 Å². The molecule has 1 N–H and O–H groups in total. The number of aromatic nitrogens is 2. The molecule has 1 amide bonds. The Hall–Kier alpha value is -2.71. The van der Waals surface area contributed by atoms with Gasteiger partial charge in [0.25, 0.3) is 0 Å². The van der Waals surface area contributed by atoms with Crippen LogP contribution in [0.25, 0.3) is 20.4 Å². The number of nitrogens with one attached hydrogen (secondary N) is 1. The number of benzene rings is 2. The number of hydrogen-bond acceptors (Lipinski definition) is 7. The highest BCUT2D eigenvalue weighted by molar-refractivity contribution is 7.22. The summed E-state index contributed by atoms with van der Waals surface area (Å²) in [5.74, 6) is 0.805. The minimum atomic E-state index is -0.0460. The van der Waals surface area contributed by atoms with E-state index in [1.165, 1.54) is 16.9 Å². The van der Waals surface area contributed by atoms with E-state index in [2.05, 4.69) is 33.2 Å². The molecule has 6 nitrogen and oxygen atoms in total. The number of fused-ring (bicyclic) bond motifs is 2. The zero-order valence-corrected chi connectivity index (χ0v) is 17.1. The first-order chi connectivity index (χ1) is 13.6. The summed E-state index contributed by atoms with van der Waals surface area (Å²) in [4.78, 5) is 23.9. The quantitative estimate of drug-likeness (QED) is 0.543. The van der Waals surface area contributed by atoms with E-state index in [-0.39, 0.29) is 11.8 Å². The van der Waals surface area contributed by atoms with E-state index in [1.54, 1.807) is 18.4 Å². The predicted molar refractivity (Wildman–Crippen MR) is 115 cm³/mol. The fourth-order valence-electron chi connectivity index (χ4n) is 3.25. The molecule has 8 heteroatoms. The maximum Gasteiger partial charge on any atom is 0.232 e. The molecule has 1 aliphatic rings. The topological polar surface area (TPSA) is 67.3 Å². The number of ether oxygens (including phenoxy) is 1. The third kappa shape index (κ3) is 3.08. The average molecular weight is 411 g/mol. The number of rotatable bonds is 4. The molecular weight excluding hydrogens is 392 g/mol. The molecule has 0 spiro atoms. The molecule has 0 saturated carbocycles.